The molecule has 0 atom stereocenters. The number of carbonyl (C=O) groups excluding carboxylic acids is 1. The van der Waals surface area contributed by atoms with Gasteiger partial charge < -0.3 is 19.5 Å². The molecule has 2 aromatic rings. The van der Waals surface area contributed by atoms with E-state index in [-0.39, 0.29) is 5.91 Å². The maximum absolute atomic E-state index is 12.5. The first-order chi connectivity index (χ1) is 12.1. The van der Waals surface area contributed by atoms with Crippen LogP contribution in [0.1, 0.15) is 44.5 Å². The van der Waals surface area contributed by atoms with Gasteiger partial charge in [-0.3, -0.25) is 4.79 Å². The minimum Gasteiger partial charge on any atom is -0.358 e. The van der Waals surface area contributed by atoms with Gasteiger partial charge in [0.05, 0.1) is 5.56 Å². The van der Waals surface area contributed by atoms with Gasteiger partial charge in [0.1, 0.15) is 5.82 Å². The van der Waals surface area contributed by atoms with Crippen LogP contribution < -0.4 is 10.2 Å². The Morgan fingerprint density at radius 2 is 1.68 bits per heavy atom. The van der Waals surface area contributed by atoms with Crippen LogP contribution in [-0.4, -0.2) is 54.5 Å². The third-order valence-corrected chi connectivity index (χ3v) is 4.81. The number of nitrogens with zero attached hydrogens (tertiary/aromatic N) is 3. The van der Waals surface area contributed by atoms with Crippen molar-refractivity contribution in [1.82, 2.24) is 14.6 Å². The van der Waals surface area contributed by atoms with Gasteiger partial charge in [-0.25, -0.2) is 0 Å². The van der Waals surface area contributed by atoms with E-state index in [0.29, 0.717) is 12.1 Å². The Bertz CT molecular complexity index is 671. The van der Waals surface area contributed by atoms with Crippen molar-refractivity contribution in [2.45, 2.75) is 34.1 Å². The molecule has 0 fully saturated rings. The number of hydrogen-bond acceptors (Lipinski definition) is 3. The zero-order valence-corrected chi connectivity index (χ0v) is 16.1. The molecule has 0 aliphatic heterocycles. The van der Waals surface area contributed by atoms with Crippen molar-refractivity contribution < 1.29 is 4.79 Å². The van der Waals surface area contributed by atoms with E-state index in [4.69, 9.17) is 0 Å². The molecule has 5 nitrogen and oxygen atoms in total. The number of carbonyl (C=O) groups is 1. The lowest BCUT2D eigenvalue weighted by Gasteiger charge is -2.21. The van der Waals surface area contributed by atoms with Gasteiger partial charge in [-0.1, -0.05) is 13.8 Å². The van der Waals surface area contributed by atoms with Gasteiger partial charge in [-0.05, 0) is 64.2 Å². The number of amides is 1. The topological polar surface area (TPSA) is 40.0 Å². The Hall–Kier alpha value is -2.01. The number of rotatable bonds is 10. The average molecular weight is 345 g/mol. The number of nitrogens with one attached hydrogen (secondary N) is 1. The summed E-state index contributed by atoms with van der Waals surface area (Å²) in [6.07, 6.45) is 2.92. The summed E-state index contributed by atoms with van der Waals surface area (Å²) in [6.45, 7) is 14.4. The molecule has 2 aromatic heterocycles. The fourth-order valence-electron chi connectivity index (χ4n) is 3.17. The number of aromatic nitrogens is 1. The van der Waals surface area contributed by atoms with Crippen molar-refractivity contribution in [2.75, 3.05) is 44.2 Å². The lowest BCUT2D eigenvalue weighted by molar-refractivity contribution is 0.0951. The number of fused-ring (bicyclic) bond motifs is 1. The van der Waals surface area contributed by atoms with Gasteiger partial charge in [0.15, 0.2) is 0 Å². The summed E-state index contributed by atoms with van der Waals surface area (Å²) in [4.78, 5) is 17.1. The molecule has 0 aliphatic carbocycles. The number of hydrogen-bond donors (Lipinski definition) is 1. The predicted molar refractivity (Wildman–Crippen MR) is 106 cm³/mol. The van der Waals surface area contributed by atoms with E-state index in [1.807, 2.05) is 18.3 Å². The third-order valence-electron chi connectivity index (χ3n) is 4.81. The highest BCUT2D eigenvalue weighted by molar-refractivity contribution is 5.94. The standard InChI is InChI=1S/C20H32N4O/c1-5-22(6-2)15-9-14-21-20(25)17-10-11-18-12-13-19(24(18)16-17)23(7-3)8-4/h10-13,16H,5-9,14-15H2,1-4H3,(H,21,25). The summed E-state index contributed by atoms with van der Waals surface area (Å²) in [7, 11) is 0. The molecule has 0 aliphatic rings. The van der Waals surface area contributed by atoms with Gasteiger partial charge in [0, 0.05) is 31.3 Å². The van der Waals surface area contributed by atoms with Crippen molar-refractivity contribution in [3.63, 3.8) is 0 Å². The second-order valence-corrected chi connectivity index (χ2v) is 6.21. The van der Waals surface area contributed by atoms with Crippen LogP contribution in [0.25, 0.3) is 5.52 Å². The SMILES string of the molecule is CCN(CC)CCCNC(=O)c1ccc2ccc(N(CC)CC)n2c1. The van der Waals surface area contributed by atoms with Gasteiger partial charge in [0.2, 0.25) is 0 Å². The minimum absolute atomic E-state index is 0.000596. The molecule has 0 saturated heterocycles. The largest absolute Gasteiger partial charge is 0.358 e. The van der Waals surface area contributed by atoms with Gasteiger partial charge in [-0.15, -0.1) is 0 Å². The zero-order valence-electron chi connectivity index (χ0n) is 16.1. The highest BCUT2D eigenvalue weighted by atomic mass is 16.1. The molecule has 0 aromatic carbocycles. The number of anilines is 1. The Morgan fingerprint density at radius 1 is 1.00 bits per heavy atom. The van der Waals surface area contributed by atoms with Gasteiger partial charge >= 0.3 is 0 Å². The Kier molecular flexibility index (Phi) is 7.31. The van der Waals surface area contributed by atoms with E-state index in [1.54, 1.807) is 0 Å². The highest BCUT2D eigenvalue weighted by Gasteiger charge is 2.11. The molecule has 0 bridgehead atoms. The third kappa shape index (κ3) is 4.75. The molecule has 138 valence electrons. The summed E-state index contributed by atoms with van der Waals surface area (Å²) in [5.41, 5.74) is 1.82. The highest BCUT2D eigenvalue weighted by Crippen LogP contribution is 2.20. The smallest absolute Gasteiger partial charge is 0.252 e. The van der Waals surface area contributed by atoms with Gasteiger partial charge in [0.25, 0.3) is 5.91 Å². The first-order valence-electron chi connectivity index (χ1n) is 9.51. The lowest BCUT2D eigenvalue weighted by Crippen LogP contribution is -2.30. The zero-order chi connectivity index (χ0) is 18.2. The summed E-state index contributed by atoms with van der Waals surface area (Å²) >= 11 is 0. The van der Waals surface area contributed by atoms with Crippen molar-refractivity contribution >= 4 is 17.2 Å². The fourth-order valence-corrected chi connectivity index (χ4v) is 3.17. The summed E-state index contributed by atoms with van der Waals surface area (Å²) in [5, 5.41) is 3.04. The van der Waals surface area contributed by atoms with Crippen LogP contribution in [0, 0.1) is 0 Å². The molecule has 5 heteroatoms. The molecule has 0 radical (unpaired) electrons. The molecule has 2 rings (SSSR count). The van der Waals surface area contributed by atoms with Crippen LogP contribution in [0.2, 0.25) is 0 Å². The normalized spacial score (nSPS) is 11.2. The van der Waals surface area contributed by atoms with Crippen LogP contribution in [0.4, 0.5) is 5.82 Å². The van der Waals surface area contributed by atoms with Crippen molar-refractivity contribution in [3.8, 4) is 0 Å². The van der Waals surface area contributed by atoms with E-state index < -0.39 is 0 Å². The van der Waals surface area contributed by atoms with Crippen LogP contribution in [0.5, 0.6) is 0 Å². The van der Waals surface area contributed by atoms with E-state index in [1.165, 1.54) is 0 Å². The Balaban J connectivity index is 2.02. The molecular formula is C20H32N4O. The molecule has 1 N–H and O–H groups in total. The molecular weight excluding hydrogens is 312 g/mol. The van der Waals surface area contributed by atoms with Crippen molar-refractivity contribution in [2.24, 2.45) is 0 Å². The maximum atomic E-state index is 12.5. The van der Waals surface area contributed by atoms with E-state index >= 15 is 0 Å². The van der Waals surface area contributed by atoms with Crippen molar-refractivity contribution in [3.05, 3.63) is 36.0 Å². The maximum Gasteiger partial charge on any atom is 0.252 e. The second-order valence-electron chi connectivity index (χ2n) is 6.21. The fraction of sp³-hybridized carbons (Fsp3) is 0.550. The Labute approximate surface area is 151 Å². The quantitative estimate of drug-likeness (QED) is 0.673. The minimum atomic E-state index is 0.000596. The molecule has 1 amide bonds. The first-order valence-corrected chi connectivity index (χ1v) is 9.51. The summed E-state index contributed by atoms with van der Waals surface area (Å²) < 4.78 is 2.11. The number of pyridine rings is 1. The van der Waals surface area contributed by atoms with Crippen LogP contribution in [0.15, 0.2) is 30.5 Å². The second kappa shape index (κ2) is 9.47. The van der Waals surface area contributed by atoms with Crippen LogP contribution >= 0.6 is 0 Å². The summed E-state index contributed by atoms with van der Waals surface area (Å²) in [5.74, 6) is 1.14. The van der Waals surface area contributed by atoms with E-state index in [2.05, 4.69) is 59.3 Å². The molecule has 0 saturated carbocycles. The molecule has 0 unspecified atom stereocenters. The molecule has 25 heavy (non-hydrogen) atoms. The average Bonchev–Trinajstić information content (AvgIpc) is 3.06. The molecule has 2 heterocycles. The van der Waals surface area contributed by atoms with E-state index in [9.17, 15) is 4.79 Å². The Morgan fingerprint density at radius 3 is 2.32 bits per heavy atom. The summed E-state index contributed by atoms with van der Waals surface area (Å²) in [6, 6.07) is 8.13. The lowest BCUT2D eigenvalue weighted by atomic mass is 10.2. The first kappa shape index (κ1) is 19.3. The van der Waals surface area contributed by atoms with Gasteiger partial charge in [-0.2, -0.15) is 0 Å². The molecule has 0 spiro atoms. The van der Waals surface area contributed by atoms with E-state index in [0.717, 1.165) is 50.5 Å². The van der Waals surface area contributed by atoms with Crippen LogP contribution in [0.3, 0.4) is 0 Å². The monoisotopic (exact) mass is 344 g/mol. The predicted octanol–water partition coefficient (Wildman–Crippen LogP) is 3.25. The van der Waals surface area contributed by atoms with Crippen LogP contribution in [-0.2, 0) is 0 Å². The van der Waals surface area contributed by atoms with Crippen molar-refractivity contribution in [1.29, 1.82) is 0 Å².